The lowest BCUT2D eigenvalue weighted by molar-refractivity contribution is 0.0984. The molecule has 88 valence electrons. The lowest BCUT2D eigenvalue weighted by Gasteiger charge is -2.02. The molecule has 0 atom stereocenters. The molecule has 1 aromatic heterocycles. The minimum atomic E-state index is -0.0594. The van der Waals surface area contributed by atoms with Gasteiger partial charge in [-0.25, -0.2) is 4.68 Å². The Morgan fingerprint density at radius 1 is 1.35 bits per heavy atom. The molecule has 0 bridgehead atoms. The van der Waals surface area contributed by atoms with E-state index >= 15 is 0 Å². The number of aryl methyl sites for hydroxylation is 1. The first kappa shape index (κ1) is 12.1. The number of benzene rings is 1. The summed E-state index contributed by atoms with van der Waals surface area (Å²) in [6.45, 7) is 0. The van der Waals surface area contributed by atoms with E-state index < -0.39 is 0 Å². The van der Waals surface area contributed by atoms with Crippen LogP contribution in [0.25, 0.3) is 0 Å². The maximum Gasteiger partial charge on any atom is 0.186 e. The van der Waals surface area contributed by atoms with Crippen LogP contribution in [0.4, 0.5) is 0 Å². The lowest BCUT2D eigenvalue weighted by Crippen LogP contribution is -2.09. The molecule has 0 spiro atoms. The van der Waals surface area contributed by atoms with E-state index in [0.717, 1.165) is 5.56 Å². The van der Waals surface area contributed by atoms with Crippen LogP contribution in [0.1, 0.15) is 16.1 Å². The summed E-state index contributed by atoms with van der Waals surface area (Å²) in [5.41, 5.74) is 1.28. The van der Waals surface area contributed by atoms with Crippen LogP contribution in [0.15, 0.2) is 24.4 Å². The molecule has 2 aromatic rings. The van der Waals surface area contributed by atoms with Gasteiger partial charge in [-0.1, -0.05) is 34.5 Å². The summed E-state index contributed by atoms with van der Waals surface area (Å²) in [5, 5.41) is 8.29. The van der Waals surface area contributed by atoms with Crippen molar-refractivity contribution in [2.24, 2.45) is 7.05 Å². The highest BCUT2D eigenvalue weighted by atomic mass is 35.5. The quantitative estimate of drug-likeness (QED) is 0.805. The van der Waals surface area contributed by atoms with E-state index in [1.807, 2.05) is 0 Å². The SMILES string of the molecule is Cn1nncc1C(=O)Cc1ccc(Cl)c(Cl)c1. The van der Waals surface area contributed by atoms with Gasteiger partial charge in [-0.15, -0.1) is 5.10 Å². The topological polar surface area (TPSA) is 47.8 Å². The zero-order valence-corrected chi connectivity index (χ0v) is 10.5. The van der Waals surface area contributed by atoms with Crippen LogP contribution in [-0.2, 0) is 13.5 Å². The Morgan fingerprint density at radius 3 is 2.71 bits per heavy atom. The second kappa shape index (κ2) is 4.85. The number of hydrogen-bond acceptors (Lipinski definition) is 3. The number of carbonyl (C=O) groups excluding carboxylic acids is 1. The number of ketones is 1. The molecule has 6 heteroatoms. The monoisotopic (exact) mass is 269 g/mol. The van der Waals surface area contributed by atoms with Crippen LogP contribution in [0.2, 0.25) is 10.0 Å². The van der Waals surface area contributed by atoms with E-state index in [-0.39, 0.29) is 12.2 Å². The number of nitrogens with zero attached hydrogens (tertiary/aromatic N) is 3. The van der Waals surface area contributed by atoms with Gasteiger partial charge in [0.15, 0.2) is 5.78 Å². The van der Waals surface area contributed by atoms with Gasteiger partial charge >= 0.3 is 0 Å². The van der Waals surface area contributed by atoms with Gasteiger partial charge in [-0.2, -0.15) is 0 Å². The predicted octanol–water partition coefficient (Wildman–Crippen LogP) is 2.55. The van der Waals surface area contributed by atoms with Crippen molar-refractivity contribution in [3.8, 4) is 0 Å². The highest BCUT2D eigenvalue weighted by molar-refractivity contribution is 6.42. The first-order valence-corrected chi connectivity index (χ1v) is 5.65. The second-order valence-electron chi connectivity index (χ2n) is 3.59. The van der Waals surface area contributed by atoms with Crippen molar-refractivity contribution in [3.63, 3.8) is 0 Å². The minimum Gasteiger partial charge on any atom is -0.292 e. The van der Waals surface area contributed by atoms with Crippen molar-refractivity contribution in [2.75, 3.05) is 0 Å². The number of aromatic nitrogens is 3. The molecule has 1 heterocycles. The van der Waals surface area contributed by atoms with E-state index in [0.29, 0.717) is 15.7 Å². The molecular formula is C11H9Cl2N3O. The van der Waals surface area contributed by atoms with Crippen molar-refractivity contribution >= 4 is 29.0 Å². The van der Waals surface area contributed by atoms with Crippen LogP contribution >= 0.6 is 23.2 Å². The Hall–Kier alpha value is -1.39. The van der Waals surface area contributed by atoms with Crippen LogP contribution in [0.3, 0.4) is 0 Å². The Bertz CT molecular complexity index is 566. The maximum atomic E-state index is 11.9. The van der Waals surface area contributed by atoms with Gasteiger partial charge in [-0.05, 0) is 17.7 Å². The second-order valence-corrected chi connectivity index (χ2v) is 4.41. The molecule has 0 N–H and O–H groups in total. The molecule has 0 saturated carbocycles. The van der Waals surface area contributed by atoms with Crippen LogP contribution in [0, 0.1) is 0 Å². The normalized spacial score (nSPS) is 10.5. The number of hydrogen-bond donors (Lipinski definition) is 0. The molecule has 1 aromatic carbocycles. The average molecular weight is 270 g/mol. The van der Waals surface area contributed by atoms with E-state index in [4.69, 9.17) is 23.2 Å². The van der Waals surface area contributed by atoms with E-state index in [1.165, 1.54) is 10.9 Å². The Labute approximate surface area is 108 Å². The van der Waals surface area contributed by atoms with Gasteiger partial charge in [-0.3, -0.25) is 4.79 Å². The third kappa shape index (κ3) is 2.65. The van der Waals surface area contributed by atoms with Crippen molar-refractivity contribution in [1.29, 1.82) is 0 Å². The van der Waals surface area contributed by atoms with Crippen LogP contribution in [0.5, 0.6) is 0 Å². The van der Waals surface area contributed by atoms with Crippen molar-refractivity contribution in [3.05, 3.63) is 45.7 Å². The molecule has 0 aliphatic carbocycles. The van der Waals surface area contributed by atoms with Gasteiger partial charge in [0, 0.05) is 13.5 Å². The smallest absolute Gasteiger partial charge is 0.186 e. The zero-order valence-electron chi connectivity index (χ0n) is 9.02. The summed E-state index contributed by atoms with van der Waals surface area (Å²) in [6.07, 6.45) is 1.69. The fraction of sp³-hybridized carbons (Fsp3) is 0.182. The van der Waals surface area contributed by atoms with Gasteiger partial charge < -0.3 is 0 Å². The third-order valence-electron chi connectivity index (χ3n) is 2.35. The number of rotatable bonds is 3. The van der Waals surface area contributed by atoms with E-state index in [2.05, 4.69) is 10.3 Å². The molecule has 0 fully saturated rings. The highest BCUT2D eigenvalue weighted by Crippen LogP contribution is 2.23. The minimum absolute atomic E-state index is 0.0594. The largest absolute Gasteiger partial charge is 0.292 e. The Kier molecular flexibility index (Phi) is 3.45. The first-order chi connectivity index (χ1) is 8.08. The highest BCUT2D eigenvalue weighted by Gasteiger charge is 2.12. The molecular weight excluding hydrogens is 261 g/mol. The van der Waals surface area contributed by atoms with Gasteiger partial charge in [0.25, 0.3) is 0 Å². The van der Waals surface area contributed by atoms with Crippen LogP contribution in [-0.4, -0.2) is 20.8 Å². The summed E-state index contributed by atoms with van der Waals surface area (Å²) in [6, 6.07) is 5.13. The molecule has 0 aliphatic heterocycles. The fourth-order valence-corrected chi connectivity index (χ4v) is 1.79. The Morgan fingerprint density at radius 2 is 2.12 bits per heavy atom. The molecule has 0 radical (unpaired) electrons. The van der Waals surface area contributed by atoms with E-state index in [9.17, 15) is 4.79 Å². The summed E-state index contributed by atoms with van der Waals surface area (Å²) < 4.78 is 1.44. The molecule has 0 amide bonds. The van der Waals surface area contributed by atoms with Crippen molar-refractivity contribution in [2.45, 2.75) is 6.42 Å². The lowest BCUT2D eigenvalue weighted by atomic mass is 10.1. The van der Waals surface area contributed by atoms with Gasteiger partial charge in [0.2, 0.25) is 0 Å². The van der Waals surface area contributed by atoms with Crippen LogP contribution < -0.4 is 0 Å². The number of Topliss-reactive ketones (excluding diaryl/α,β-unsaturated/α-hetero) is 1. The molecule has 4 nitrogen and oxygen atoms in total. The van der Waals surface area contributed by atoms with Crippen molar-refractivity contribution < 1.29 is 4.79 Å². The maximum absolute atomic E-state index is 11.9. The molecule has 0 unspecified atom stereocenters. The molecule has 0 aliphatic rings. The standard InChI is InChI=1S/C11H9Cl2N3O/c1-16-10(6-14-15-16)11(17)5-7-2-3-8(12)9(13)4-7/h2-4,6H,5H2,1H3. The first-order valence-electron chi connectivity index (χ1n) is 4.89. The molecule has 0 saturated heterocycles. The summed E-state index contributed by atoms with van der Waals surface area (Å²) >= 11 is 11.7. The summed E-state index contributed by atoms with van der Waals surface area (Å²) in [7, 11) is 1.68. The summed E-state index contributed by atoms with van der Waals surface area (Å²) in [5.74, 6) is -0.0594. The predicted molar refractivity (Wildman–Crippen MR) is 65.5 cm³/mol. The van der Waals surface area contributed by atoms with E-state index in [1.54, 1.807) is 25.2 Å². The zero-order chi connectivity index (χ0) is 12.4. The molecule has 17 heavy (non-hydrogen) atoms. The summed E-state index contributed by atoms with van der Waals surface area (Å²) in [4.78, 5) is 11.9. The fourth-order valence-electron chi connectivity index (χ4n) is 1.47. The number of halogens is 2. The number of carbonyl (C=O) groups is 1. The molecule has 2 rings (SSSR count). The van der Waals surface area contributed by atoms with Crippen molar-refractivity contribution in [1.82, 2.24) is 15.0 Å². The third-order valence-corrected chi connectivity index (χ3v) is 3.09. The van der Waals surface area contributed by atoms with Gasteiger partial charge in [0.1, 0.15) is 5.69 Å². The average Bonchev–Trinajstić information content (AvgIpc) is 2.70. The van der Waals surface area contributed by atoms with Gasteiger partial charge in [0.05, 0.1) is 16.2 Å². The Balaban J connectivity index is 2.19.